The van der Waals surface area contributed by atoms with Gasteiger partial charge in [0.25, 0.3) is 0 Å². The lowest BCUT2D eigenvalue weighted by atomic mass is 9.86. The third-order valence-corrected chi connectivity index (χ3v) is 7.09. The van der Waals surface area contributed by atoms with E-state index in [2.05, 4.69) is 22.5 Å². The molecule has 0 saturated carbocycles. The molecule has 0 saturated heterocycles. The molecule has 4 N–H and O–H groups in total. The smallest absolute Gasteiger partial charge is 0.160 e. The van der Waals surface area contributed by atoms with E-state index in [9.17, 15) is 10.2 Å². The van der Waals surface area contributed by atoms with Crippen molar-refractivity contribution >= 4 is 42.9 Å². The Hall–Kier alpha value is -1.57. The Morgan fingerprint density at radius 1 is 0.895 bits per heavy atom. The molecular weight excluding hydrogens is 545 g/mol. The Labute approximate surface area is 248 Å². The number of fused-ring (bicyclic) bond motifs is 1. The summed E-state index contributed by atoms with van der Waals surface area (Å²) in [5.41, 5.74) is 3.19. The molecule has 3 rings (SSSR count). The van der Waals surface area contributed by atoms with Crippen molar-refractivity contribution < 1.29 is 14.9 Å². The number of phenolic OH excluding ortho intramolecular Hbond substituents is 2. The average Bonchev–Trinajstić information content (AvgIpc) is 2.88. The Morgan fingerprint density at radius 3 is 2.39 bits per heavy atom. The summed E-state index contributed by atoms with van der Waals surface area (Å²) in [6.45, 7) is 7.46. The molecule has 2 aromatic carbocycles. The van der Waals surface area contributed by atoms with Gasteiger partial charge in [-0.2, -0.15) is 0 Å². The average molecular weight is 593 g/mol. The number of nitrogens with zero attached hydrogens (tertiary/aromatic N) is 1. The van der Waals surface area contributed by atoms with Gasteiger partial charge >= 0.3 is 0 Å². The van der Waals surface area contributed by atoms with Crippen LogP contribution in [0.15, 0.2) is 36.4 Å². The second-order valence-corrected chi connectivity index (χ2v) is 9.65. The molecule has 2 aromatic rings. The molecule has 1 atom stereocenters. The van der Waals surface area contributed by atoms with Crippen LogP contribution >= 0.6 is 37.2 Å². The predicted octanol–water partition coefficient (Wildman–Crippen LogP) is 6.59. The van der Waals surface area contributed by atoms with E-state index in [4.69, 9.17) is 4.74 Å². The summed E-state index contributed by atoms with van der Waals surface area (Å²) in [6, 6.07) is 12.2. The molecule has 0 bridgehead atoms. The fourth-order valence-corrected chi connectivity index (χ4v) is 5.18. The number of hydrogen-bond acceptors (Lipinski definition) is 6. The number of benzene rings is 2. The summed E-state index contributed by atoms with van der Waals surface area (Å²) in [5, 5.41) is 26.9. The standard InChI is InChI=1S/C29H45N3O3.3ClH/c1-3-20-32(24-14-15-25-23(22-24)13-16-27(33)29(25)34)21-10-6-4-5-9-17-30-18-19-31-26-11-7-8-12-28(26)35-2;;;/h7-8,11-13,16,24,30-31,33-34H,3-6,9-10,14-15,17-22H2,1-2H3;3*1H/t24-;;;/m0.../s1. The summed E-state index contributed by atoms with van der Waals surface area (Å²) in [4.78, 5) is 2.66. The highest BCUT2D eigenvalue weighted by Crippen LogP contribution is 2.36. The fraction of sp³-hybridized carbons (Fsp3) is 0.586. The zero-order chi connectivity index (χ0) is 24.9. The van der Waals surface area contributed by atoms with E-state index in [1.165, 1.54) is 44.1 Å². The minimum absolute atomic E-state index is 0. The van der Waals surface area contributed by atoms with Gasteiger partial charge in [-0.1, -0.05) is 44.4 Å². The maximum atomic E-state index is 10.2. The van der Waals surface area contributed by atoms with Crippen molar-refractivity contribution in [1.29, 1.82) is 0 Å². The summed E-state index contributed by atoms with van der Waals surface area (Å²) in [5.74, 6) is 0.982. The van der Waals surface area contributed by atoms with Crippen LogP contribution in [-0.4, -0.2) is 61.0 Å². The fourth-order valence-electron chi connectivity index (χ4n) is 5.18. The number of anilines is 1. The summed E-state index contributed by atoms with van der Waals surface area (Å²) < 4.78 is 5.37. The third-order valence-electron chi connectivity index (χ3n) is 7.09. The van der Waals surface area contributed by atoms with Gasteiger partial charge in [-0.25, -0.2) is 0 Å². The molecule has 9 heteroatoms. The topological polar surface area (TPSA) is 77.0 Å². The molecule has 0 aromatic heterocycles. The molecular formula is C29H48Cl3N3O3. The quantitative estimate of drug-likeness (QED) is 0.130. The highest BCUT2D eigenvalue weighted by Gasteiger charge is 2.26. The lowest BCUT2D eigenvalue weighted by Gasteiger charge is -2.35. The molecule has 0 amide bonds. The molecule has 1 aliphatic rings. The van der Waals surface area contributed by atoms with Gasteiger partial charge < -0.3 is 30.5 Å². The monoisotopic (exact) mass is 591 g/mol. The molecule has 218 valence electrons. The maximum absolute atomic E-state index is 10.2. The van der Waals surface area contributed by atoms with Gasteiger partial charge in [-0.3, -0.25) is 0 Å². The molecule has 38 heavy (non-hydrogen) atoms. The van der Waals surface area contributed by atoms with Crippen molar-refractivity contribution in [1.82, 2.24) is 10.2 Å². The number of hydrogen-bond donors (Lipinski definition) is 4. The van der Waals surface area contributed by atoms with Crippen molar-refractivity contribution in [3.63, 3.8) is 0 Å². The van der Waals surface area contributed by atoms with Crippen LogP contribution in [0.2, 0.25) is 0 Å². The van der Waals surface area contributed by atoms with E-state index in [0.29, 0.717) is 6.04 Å². The van der Waals surface area contributed by atoms with Crippen molar-refractivity contribution in [2.45, 2.75) is 70.8 Å². The molecule has 0 spiro atoms. The van der Waals surface area contributed by atoms with Crippen molar-refractivity contribution in [3.8, 4) is 17.2 Å². The van der Waals surface area contributed by atoms with Gasteiger partial charge in [0.05, 0.1) is 12.8 Å². The first-order chi connectivity index (χ1) is 17.1. The van der Waals surface area contributed by atoms with Crippen molar-refractivity contribution in [3.05, 3.63) is 47.5 Å². The molecule has 0 heterocycles. The third kappa shape index (κ3) is 11.3. The van der Waals surface area contributed by atoms with Crippen molar-refractivity contribution in [2.24, 2.45) is 0 Å². The van der Waals surface area contributed by atoms with E-state index in [1.807, 2.05) is 30.3 Å². The van der Waals surface area contributed by atoms with Crippen LogP contribution < -0.4 is 15.4 Å². The van der Waals surface area contributed by atoms with Gasteiger partial charge in [0.1, 0.15) is 5.75 Å². The maximum Gasteiger partial charge on any atom is 0.160 e. The van der Waals surface area contributed by atoms with Crippen LogP contribution in [0.4, 0.5) is 5.69 Å². The number of methoxy groups -OCH3 is 1. The molecule has 0 aliphatic heterocycles. The zero-order valence-electron chi connectivity index (χ0n) is 22.9. The number of ether oxygens (including phenoxy) is 1. The Balaban J connectivity index is 0.00000456. The van der Waals surface area contributed by atoms with Crippen LogP contribution in [0, 0.1) is 0 Å². The van der Waals surface area contributed by atoms with E-state index >= 15 is 0 Å². The minimum atomic E-state index is 0. The van der Waals surface area contributed by atoms with E-state index in [1.54, 1.807) is 13.2 Å². The molecule has 0 radical (unpaired) electrons. The first-order valence-electron chi connectivity index (χ1n) is 13.5. The van der Waals surface area contributed by atoms with Gasteiger partial charge in [-0.05, 0) is 81.9 Å². The Morgan fingerprint density at radius 2 is 1.63 bits per heavy atom. The van der Waals surface area contributed by atoms with Gasteiger partial charge in [-0.15, -0.1) is 37.2 Å². The highest BCUT2D eigenvalue weighted by atomic mass is 35.5. The lowest BCUT2D eigenvalue weighted by Crippen LogP contribution is -2.40. The number of nitrogens with one attached hydrogen (secondary N) is 2. The summed E-state index contributed by atoms with van der Waals surface area (Å²) in [6.07, 6.45) is 10.4. The number of unbranched alkanes of at least 4 members (excludes halogenated alkanes) is 4. The van der Waals surface area contributed by atoms with E-state index in [-0.39, 0.29) is 48.7 Å². The second kappa shape index (κ2) is 20.3. The Kier molecular flexibility index (Phi) is 19.5. The zero-order valence-corrected chi connectivity index (χ0v) is 25.4. The second-order valence-electron chi connectivity index (χ2n) is 9.65. The van der Waals surface area contributed by atoms with Crippen LogP contribution in [0.3, 0.4) is 0 Å². The SMILES string of the molecule is CCCN(CCCCCCCNCCNc1ccccc1OC)[C@H]1CCc2c(ccc(O)c2O)C1.Cl.Cl.Cl. The van der Waals surface area contributed by atoms with E-state index < -0.39 is 0 Å². The number of rotatable bonds is 16. The molecule has 0 fully saturated rings. The first-order valence-corrected chi connectivity index (χ1v) is 13.5. The lowest BCUT2D eigenvalue weighted by molar-refractivity contribution is 0.175. The molecule has 1 aliphatic carbocycles. The number of phenols is 2. The van der Waals surface area contributed by atoms with Crippen molar-refractivity contribution in [2.75, 3.05) is 45.2 Å². The van der Waals surface area contributed by atoms with Crippen LogP contribution in [0.25, 0.3) is 0 Å². The van der Waals surface area contributed by atoms with E-state index in [0.717, 1.165) is 69.0 Å². The number of para-hydroxylation sites is 2. The number of aromatic hydroxyl groups is 2. The minimum Gasteiger partial charge on any atom is -0.504 e. The Bertz CT molecular complexity index is 905. The first kappa shape index (κ1) is 36.4. The van der Waals surface area contributed by atoms with Gasteiger partial charge in [0.2, 0.25) is 0 Å². The molecule has 6 nitrogen and oxygen atoms in total. The molecule has 0 unspecified atom stereocenters. The van der Waals surface area contributed by atoms with Crippen LogP contribution in [0.5, 0.6) is 17.2 Å². The normalized spacial score (nSPS) is 14.0. The van der Waals surface area contributed by atoms with Crippen LogP contribution in [0.1, 0.15) is 63.0 Å². The van der Waals surface area contributed by atoms with Crippen LogP contribution in [-0.2, 0) is 12.8 Å². The van der Waals surface area contributed by atoms with Gasteiger partial charge in [0.15, 0.2) is 11.5 Å². The largest absolute Gasteiger partial charge is 0.504 e. The summed E-state index contributed by atoms with van der Waals surface area (Å²) in [7, 11) is 1.70. The number of halogens is 3. The highest BCUT2D eigenvalue weighted by molar-refractivity contribution is 5.86. The summed E-state index contributed by atoms with van der Waals surface area (Å²) >= 11 is 0. The van der Waals surface area contributed by atoms with Gasteiger partial charge in [0, 0.05) is 24.7 Å². The predicted molar refractivity (Wildman–Crippen MR) is 167 cm³/mol.